The highest BCUT2D eigenvalue weighted by Gasteiger charge is 2.00. The fourth-order valence-corrected chi connectivity index (χ4v) is 1.66. The molecule has 3 N–H and O–H groups in total. The van der Waals surface area contributed by atoms with Crippen molar-refractivity contribution in [1.82, 2.24) is 4.98 Å². The maximum atomic E-state index is 12.9. The van der Waals surface area contributed by atoms with Crippen LogP contribution in [0.15, 0.2) is 36.4 Å². The minimum Gasteiger partial charge on any atom is -0.399 e. The topological polar surface area (TPSA) is 50.9 Å². The van der Waals surface area contributed by atoms with E-state index in [1.807, 2.05) is 6.07 Å². The van der Waals surface area contributed by atoms with Gasteiger partial charge in [-0.05, 0) is 23.8 Å². The second kappa shape index (κ2) is 5.01. The Hall–Kier alpha value is -1.81. The largest absolute Gasteiger partial charge is 0.399 e. The van der Waals surface area contributed by atoms with Crippen molar-refractivity contribution in [2.24, 2.45) is 0 Å². The summed E-state index contributed by atoms with van der Waals surface area (Å²) in [4.78, 5) is 4.05. The molecule has 2 rings (SSSR count). The third-order valence-electron chi connectivity index (χ3n) is 2.18. The van der Waals surface area contributed by atoms with Gasteiger partial charge in [0.2, 0.25) is 0 Å². The third-order valence-corrected chi connectivity index (χ3v) is 2.37. The van der Waals surface area contributed by atoms with Crippen LogP contribution >= 0.6 is 11.6 Å². The minimum absolute atomic E-state index is 0.261. The molecule has 0 amide bonds. The van der Waals surface area contributed by atoms with Crippen molar-refractivity contribution in [3.05, 3.63) is 52.9 Å². The van der Waals surface area contributed by atoms with Crippen LogP contribution in [-0.4, -0.2) is 4.98 Å². The van der Waals surface area contributed by atoms with Gasteiger partial charge in [0.1, 0.15) is 16.8 Å². The number of benzene rings is 1. The molecular formula is C12H11ClFN3. The molecule has 0 aliphatic heterocycles. The Labute approximate surface area is 103 Å². The van der Waals surface area contributed by atoms with E-state index in [9.17, 15) is 4.39 Å². The normalized spacial score (nSPS) is 10.2. The van der Waals surface area contributed by atoms with Gasteiger partial charge >= 0.3 is 0 Å². The summed E-state index contributed by atoms with van der Waals surface area (Å²) < 4.78 is 12.9. The molecular weight excluding hydrogens is 241 g/mol. The van der Waals surface area contributed by atoms with Gasteiger partial charge in [-0.2, -0.15) is 0 Å². The van der Waals surface area contributed by atoms with Crippen LogP contribution in [0.4, 0.5) is 15.9 Å². The first-order valence-electron chi connectivity index (χ1n) is 5.05. The molecule has 0 spiro atoms. The first-order chi connectivity index (χ1) is 8.13. The van der Waals surface area contributed by atoms with E-state index in [2.05, 4.69) is 10.3 Å². The van der Waals surface area contributed by atoms with E-state index < -0.39 is 0 Å². The number of hydrogen-bond acceptors (Lipinski definition) is 3. The number of aromatic nitrogens is 1. The van der Waals surface area contributed by atoms with Gasteiger partial charge in [0.15, 0.2) is 0 Å². The standard InChI is InChI=1S/C12H11ClFN3/c13-11-5-10(15)6-12(17-11)16-7-8-2-1-3-9(14)4-8/h1-6H,7H2,(H3,15,16,17). The number of nitrogens with two attached hydrogens (primary N) is 1. The van der Waals surface area contributed by atoms with Crippen molar-refractivity contribution in [2.75, 3.05) is 11.1 Å². The molecule has 0 atom stereocenters. The summed E-state index contributed by atoms with van der Waals surface area (Å²) in [7, 11) is 0. The van der Waals surface area contributed by atoms with E-state index in [4.69, 9.17) is 17.3 Å². The smallest absolute Gasteiger partial charge is 0.133 e. The summed E-state index contributed by atoms with van der Waals surface area (Å²) in [6.07, 6.45) is 0. The van der Waals surface area contributed by atoms with E-state index in [0.29, 0.717) is 23.2 Å². The molecule has 0 radical (unpaired) electrons. The first-order valence-corrected chi connectivity index (χ1v) is 5.42. The van der Waals surface area contributed by atoms with Crippen LogP contribution in [0.2, 0.25) is 5.15 Å². The predicted octanol–water partition coefficient (Wildman–Crippen LogP) is 3.07. The lowest BCUT2D eigenvalue weighted by Gasteiger charge is -2.07. The fourth-order valence-electron chi connectivity index (χ4n) is 1.45. The molecule has 0 bridgehead atoms. The second-order valence-electron chi connectivity index (χ2n) is 3.59. The molecule has 3 nitrogen and oxygen atoms in total. The lowest BCUT2D eigenvalue weighted by atomic mass is 10.2. The van der Waals surface area contributed by atoms with Crippen molar-refractivity contribution in [3.63, 3.8) is 0 Å². The Balaban J connectivity index is 2.07. The highest BCUT2D eigenvalue weighted by molar-refractivity contribution is 6.29. The van der Waals surface area contributed by atoms with E-state index in [1.165, 1.54) is 12.1 Å². The maximum Gasteiger partial charge on any atom is 0.133 e. The van der Waals surface area contributed by atoms with Crippen molar-refractivity contribution >= 4 is 23.1 Å². The zero-order valence-corrected chi connectivity index (χ0v) is 9.71. The molecule has 0 aliphatic carbocycles. The number of nitrogen functional groups attached to an aromatic ring is 1. The highest BCUT2D eigenvalue weighted by atomic mass is 35.5. The fraction of sp³-hybridized carbons (Fsp3) is 0.0833. The number of halogens is 2. The highest BCUT2D eigenvalue weighted by Crippen LogP contribution is 2.16. The van der Waals surface area contributed by atoms with Crippen LogP contribution in [0.25, 0.3) is 0 Å². The van der Waals surface area contributed by atoms with E-state index in [-0.39, 0.29) is 5.82 Å². The molecule has 5 heteroatoms. The van der Waals surface area contributed by atoms with Crippen molar-refractivity contribution in [3.8, 4) is 0 Å². The lowest BCUT2D eigenvalue weighted by molar-refractivity contribution is 0.626. The Morgan fingerprint density at radius 1 is 1.29 bits per heavy atom. The van der Waals surface area contributed by atoms with Crippen LogP contribution in [0.3, 0.4) is 0 Å². The number of nitrogens with zero attached hydrogens (tertiary/aromatic N) is 1. The third kappa shape index (κ3) is 3.32. The summed E-state index contributed by atoms with van der Waals surface area (Å²) in [6.45, 7) is 0.463. The Kier molecular flexibility index (Phi) is 3.44. The molecule has 17 heavy (non-hydrogen) atoms. The number of nitrogens with one attached hydrogen (secondary N) is 1. The van der Waals surface area contributed by atoms with Crippen molar-refractivity contribution < 1.29 is 4.39 Å². The average molecular weight is 252 g/mol. The Morgan fingerprint density at radius 3 is 2.82 bits per heavy atom. The minimum atomic E-state index is -0.261. The second-order valence-corrected chi connectivity index (χ2v) is 3.98. The Bertz CT molecular complexity index is 511. The van der Waals surface area contributed by atoms with Crippen molar-refractivity contribution in [1.29, 1.82) is 0 Å². The zero-order valence-electron chi connectivity index (χ0n) is 8.95. The van der Waals surface area contributed by atoms with Gasteiger partial charge in [0.05, 0.1) is 0 Å². The van der Waals surface area contributed by atoms with E-state index in [1.54, 1.807) is 18.2 Å². The Morgan fingerprint density at radius 2 is 2.12 bits per heavy atom. The summed E-state index contributed by atoms with van der Waals surface area (Å²) in [6, 6.07) is 9.58. The molecule has 1 aromatic heterocycles. The number of pyridine rings is 1. The van der Waals surface area contributed by atoms with Gasteiger partial charge in [-0.25, -0.2) is 9.37 Å². The van der Waals surface area contributed by atoms with Crippen LogP contribution in [0, 0.1) is 5.82 Å². The maximum absolute atomic E-state index is 12.9. The first kappa shape index (κ1) is 11.7. The molecule has 0 fully saturated rings. The van der Waals surface area contributed by atoms with Gasteiger partial charge in [0.25, 0.3) is 0 Å². The molecule has 0 aliphatic rings. The average Bonchev–Trinajstić information content (AvgIpc) is 2.25. The lowest BCUT2D eigenvalue weighted by Crippen LogP contribution is -2.02. The molecule has 1 heterocycles. The van der Waals surface area contributed by atoms with Gasteiger partial charge in [-0.1, -0.05) is 23.7 Å². The monoisotopic (exact) mass is 251 g/mol. The summed E-state index contributed by atoms with van der Waals surface area (Å²) in [5.41, 5.74) is 6.99. The van der Waals surface area contributed by atoms with Crippen molar-refractivity contribution in [2.45, 2.75) is 6.54 Å². The number of hydrogen-bond donors (Lipinski definition) is 2. The number of anilines is 2. The molecule has 1 aromatic carbocycles. The van der Waals surface area contributed by atoms with Gasteiger partial charge in [0, 0.05) is 18.3 Å². The van der Waals surface area contributed by atoms with Gasteiger partial charge < -0.3 is 11.1 Å². The molecule has 2 aromatic rings. The van der Waals surface area contributed by atoms with Crippen LogP contribution in [-0.2, 0) is 6.54 Å². The summed E-state index contributed by atoms with van der Waals surface area (Å²) in [5.74, 6) is 0.308. The van der Waals surface area contributed by atoms with Crippen LogP contribution < -0.4 is 11.1 Å². The SMILES string of the molecule is Nc1cc(Cl)nc(NCc2cccc(F)c2)c1. The predicted molar refractivity (Wildman–Crippen MR) is 67.4 cm³/mol. The molecule has 0 unspecified atom stereocenters. The quantitative estimate of drug-likeness (QED) is 0.825. The molecule has 0 saturated heterocycles. The number of rotatable bonds is 3. The van der Waals surface area contributed by atoms with Crippen LogP contribution in [0.5, 0.6) is 0 Å². The van der Waals surface area contributed by atoms with Crippen LogP contribution in [0.1, 0.15) is 5.56 Å². The van der Waals surface area contributed by atoms with E-state index in [0.717, 1.165) is 5.56 Å². The summed E-state index contributed by atoms with van der Waals surface area (Å²) >= 11 is 5.77. The zero-order chi connectivity index (χ0) is 12.3. The van der Waals surface area contributed by atoms with E-state index >= 15 is 0 Å². The van der Waals surface area contributed by atoms with Gasteiger partial charge in [-0.15, -0.1) is 0 Å². The molecule has 88 valence electrons. The van der Waals surface area contributed by atoms with Gasteiger partial charge in [-0.3, -0.25) is 0 Å². The summed E-state index contributed by atoms with van der Waals surface area (Å²) in [5, 5.41) is 3.35. The molecule has 0 saturated carbocycles.